The molecule has 1 atom stereocenters. The van der Waals surface area contributed by atoms with Crippen molar-refractivity contribution in [1.29, 1.82) is 0 Å². The van der Waals surface area contributed by atoms with Gasteiger partial charge in [-0.15, -0.1) is 0 Å². The second-order valence-corrected chi connectivity index (χ2v) is 3.92. The molecule has 0 aliphatic carbocycles. The summed E-state index contributed by atoms with van der Waals surface area (Å²) in [6, 6.07) is 0. The second kappa shape index (κ2) is 6.16. The molecule has 0 spiro atoms. The Morgan fingerprint density at radius 1 is 1.46 bits per heavy atom. The molecule has 0 radical (unpaired) electrons. The highest BCUT2D eigenvalue weighted by Crippen LogP contribution is 2.27. The Morgan fingerprint density at radius 2 is 2.00 bits per heavy atom. The predicted molar refractivity (Wildman–Crippen MR) is 62.8 cm³/mol. The van der Waals surface area contributed by atoms with Crippen LogP contribution in [0.25, 0.3) is 0 Å². The van der Waals surface area contributed by atoms with Gasteiger partial charge in [0.05, 0.1) is 5.60 Å². The first-order valence-corrected chi connectivity index (χ1v) is 5.80. The van der Waals surface area contributed by atoms with Crippen LogP contribution >= 0.6 is 0 Å². The van der Waals surface area contributed by atoms with Gasteiger partial charge in [0, 0.05) is 0 Å². The summed E-state index contributed by atoms with van der Waals surface area (Å²) in [6.45, 7) is 12.1. The minimum absolute atomic E-state index is 0.276. The molecule has 0 N–H and O–H groups in total. The van der Waals surface area contributed by atoms with Gasteiger partial charge < -0.3 is 4.43 Å². The zero-order valence-corrected chi connectivity index (χ0v) is 11.2. The maximum Gasteiger partial charge on any atom is 0.147 e. The maximum atomic E-state index is 5.60. The SMILES string of the molecule is C=CC(C=C)(O[SiH3])C(C)CCCC. The minimum atomic E-state index is -0.276. The van der Waals surface area contributed by atoms with Crippen LogP contribution in [-0.2, 0) is 4.43 Å². The van der Waals surface area contributed by atoms with Gasteiger partial charge in [-0.1, -0.05) is 52.0 Å². The lowest BCUT2D eigenvalue weighted by Gasteiger charge is -2.32. The molecule has 0 aromatic rings. The van der Waals surface area contributed by atoms with E-state index in [1.807, 2.05) is 12.2 Å². The van der Waals surface area contributed by atoms with Gasteiger partial charge in [-0.3, -0.25) is 0 Å². The molecule has 0 saturated carbocycles. The summed E-state index contributed by atoms with van der Waals surface area (Å²) in [5.41, 5.74) is -0.276. The van der Waals surface area contributed by atoms with E-state index in [9.17, 15) is 0 Å². The summed E-state index contributed by atoms with van der Waals surface area (Å²) in [5.74, 6) is 0.486. The van der Waals surface area contributed by atoms with Crippen molar-refractivity contribution in [3.63, 3.8) is 0 Å². The van der Waals surface area contributed by atoms with Crippen molar-refractivity contribution in [3.8, 4) is 0 Å². The van der Waals surface area contributed by atoms with Crippen molar-refractivity contribution in [1.82, 2.24) is 0 Å². The Kier molecular flexibility index (Phi) is 6.00. The molecule has 1 unspecified atom stereocenters. The molecule has 76 valence electrons. The topological polar surface area (TPSA) is 9.23 Å². The number of hydrogen-bond donors (Lipinski definition) is 0. The summed E-state index contributed by atoms with van der Waals surface area (Å²) in [7, 11) is 0.729. The average Bonchev–Trinajstić information content (AvgIpc) is 2.18. The van der Waals surface area contributed by atoms with Crippen molar-refractivity contribution in [3.05, 3.63) is 25.3 Å². The fourth-order valence-electron chi connectivity index (χ4n) is 1.59. The number of rotatable bonds is 7. The van der Waals surface area contributed by atoms with Gasteiger partial charge in [0.15, 0.2) is 0 Å². The molecule has 2 heteroatoms. The lowest BCUT2D eigenvalue weighted by atomic mass is 9.85. The zero-order valence-electron chi connectivity index (χ0n) is 9.18. The molecule has 0 heterocycles. The van der Waals surface area contributed by atoms with Crippen LogP contribution in [0.2, 0.25) is 0 Å². The molecule has 0 aliphatic rings. The van der Waals surface area contributed by atoms with Crippen LogP contribution in [0.3, 0.4) is 0 Å². The summed E-state index contributed by atoms with van der Waals surface area (Å²) in [5, 5.41) is 0. The lowest BCUT2D eigenvalue weighted by Crippen LogP contribution is -2.34. The van der Waals surface area contributed by atoms with Crippen LogP contribution in [0.4, 0.5) is 0 Å². The van der Waals surface area contributed by atoms with Gasteiger partial charge in [-0.25, -0.2) is 0 Å². The first-order chi connectivity index (χ1) is 6.16. The van der Waals surface area contributed by atoms with Crippen LogP contribution in [0.1, 0.15) is 33.1 Å². The van der Waals surface area contributed by atoms with Gasteiger partial charge >= 0.3 is 0 Å². The number of hydrogen-bond acceptors (Lipinski definition) is 1. The van der Waals surface area contributed by atoms with Gasteiger partial charge in [-0.2, -0.15) is 0 Å². The molecule has 0 fully saturated rings. The monoisotopic (exact) mass is 198 g/mol. The third-order valence-corrected chi connectivity index (χ3v) is 3.46. The Bertz CT molecular complexity index is 157. The van der Waals surface area contributed by atoms with Crippen LogP contribution in [0.5, 0.6) is 0 Å². The van der Waals surface area contributed by atoms with Gasteiger partial charge in [-0.05, 0) is 12.3 Å². The molecule has 1 nitrogen and oxygen atoms in total. The highest BCUT2D eigenvalue weighted by atomic mass is 28.2. The minimum Gasteiger partial charge on any atom is -0.415 e. The molecule has 0 aliphatic heterocycles. The van der Waals surface area contributed by atoms with E-state index in [0.29, 0.717) is 5.92 Å². The van der Waals surface area contributed by atoms with Crippen LogP contribution in [-0.4, -0.2) is 16.1 Å². The van der Waals surface area contributed by atoms with E-state index >= 15 is 0 Å². The fourth-order valence-corrected chi connectivity index (χ4v) is 2.33. The molecule has 13 heavy (non-hydrogen) atoms. The maximum absolute atomic E-state index is 5.60. The average molecular weight is 198 g/mol. The molecule has 0 amide bonds. The van der Waals surface area contributed by atoms with Gasteiger partial charge in [0.25, 0.3) is 0 Å². The second-order valence-electron chi connectivity index (χ2n) is 3.51. The summed E-state index contributed by atoms with van der Waals surface area (Å²) in [4.78, 5) is 0. The Balaban J connectivity index is 4.34. The van der Waals surface area contributed by atoms with E-state index in [1.165, 1.54) is 19.3 Å². The van der Waals surface area contributed by atoms with Crippen LogP contribution in [0, 0.1) is 5.92 Å². The van der Waals surface area contributed by atoms with E-state index in [4.69, 9.17) is 4.43 Å². The summed E-state index contributed by atoms with van der Waals surface area (Å²) in [6.07, 6.45) is 7.42. The molecular weight excluding hydrogens is 176 g/mol. The molecule has 0 aromatic carbocycles. The smallest absolute Gasteiger partial charge is 0.147 e. The van der Waals surface area contributed by atoms with Gasteiger partial charge in [0.2, 0.25) is 0 Å². The van der Waals surface area contributed by atoms with E-state index in [0.717, 1.165) is 10.5 Å². The van der Waals surface area contributed by atoms with Crippen molar-refractivity contribution >= 4 is 10.5 Å². The third kappa shape index (κ3) is 3.12. The van der Waals surface area contributed by atoms with Crippen molar-refractivity contribution in [2.24, 2.45) is 5.92 Å². The number of unbranched alkanes of at least 4 members (excludes halogenated alkanes) is 1. The fraction of sp³-hybridized carbons (Fsp3) is 0.636. The van der Waals surface area contributed by atoms with E-state index in [1.54, 1.807) is 0 Å². The highest BCUT2D eigenvalue weighted by molar-refractivity contribution is 5.98. The van der Waals surface area contributed by atoms with E-state index in [2.05, 4.69) is 27.0 Å². The highest BCUT2D eigenvalue weighted by Gasteiger charge is 2.28. The third-order valence-electron chi connectivity index (χ3n) is 2.75. The van der Waals surface area contributed by atoms with Crippen LogP contribution in [0.15, 0.2) is 25.3 Å². The molecule has 0 rings (SSSR count). The largest absolute Gasteiger partial charge is 0.415 e. The van der Waals surface area contributed by atoms with Crippen molar-refractivity contribution in [2.75, 3.05) is 0 Å². The van der Waals surface area contributed by atoms with Crippen LogP contribution < -0.4 is 0 Å². The quantitative estimate of drug-likeness (QED) is 0.450. The Labute approximate surface area is 85.4 Å². The van der Waals surface area contributed by atoms with Gasteiger partial charge in [0.1, 0.15) is 10.5 Å². The lowest BCUT2D eigenvalue weighted by molar-refractivity contribution is 0.117. The van der Waals surface area contributed by atoms with E-state index in [-0.39, 0.29) is 5.60 Å². The first-order valence-electron chi connectivity index (χ1n) is 4.99. The molecule has 0 saturated heterocycles. The first kappa shape index (κ1) is 12.7. The predicted octanol–water partition coefficient (Wildman–Crippen LogP) is 2.22. The summed E-state index contributed by atoms with van der Waals surface area (Å²) < 4.78 is 5.60. The van der Waals surface area contributed by atoms with Crippen molar-refractivity contribution in [2.45, 2.75) is 38.7 Å². The molecule has 0 aromatic heterocycles. The Hall–Kier alpha value is -0.343. The zero-order chi connectivity index (χ0) is 10.3. The molecule has 0 bridgehead atoms. The molecular formula is C11H22OSi. The Morgan fingerprint density at radius 3 is 2.31 bits per heavy atom. The van der Waals surface area contributed by atoms with Crippen molar-refractivity contribution < 1.29 is 4.43 Å². The standard InChI is InChI=1S/C11H22OSi/c1-5-8-9-10(4)11(6-2,7-3)12-13/h6-7,10H,2-3,5,8-9H2,1,4,13H3. The summed E-state index contributed by atoms with van der Waals surface area (Å²) >= 11 is 0. The van der Waals surface area contributed by atoms with E-state index < -0.39 is 0 Å². The normalized spacial score (nSPS) is 14.0.